The number of hydrogen-bond donors (Lipinski definition) is 0. The van der Waals surface area contributed by atoms with Gasteiger partial charge in [-0.15, -0.1) is 6.58 Å². The normalized spacial score (nSPS) is 37.6. The fraction of sp³-hybridized carbons (Fsp3) is 0.778. The topological polar surface area (TPSA) is 49.9 Å². The van der Waals surface area contributed by atoms with E-state index in [-0.39, 0.29) is 18.1 Å². The van der Waals surface area contributed by atoms with Crippen molar-refractivity contribution in [3.63, 3.8) is 0 Å². The van der Waals surface area contributed by atoms with Gasteiger partial charge in [-0.3, -0.25) is 4.84 Å². The van der Waals surface area contributed by atoms with Crippen LogP contribution in [0.25, 0.3) is 0 Å². The molecule has 128 valence electrons. The number of nitrogens with zero attached hydrogens (tertiary/aromatic N) is 2. The molecule has 5 atom stereocenters. The highest BCUT2D eigenvalue weighted by Crippen LogP contribution is 2.44. The second-order valence-electron chi connectivity index (χ2n) is 7.22. The van der Waals surface area contributed by atoms with E-state index in [2.05, 4.69) is 13.5 Å². The van der Waals surface area contributed by atoms with Crippen molar-refractivity contribution in [1.82, 2.24) is 9.96 Å². The summed E-state index contributed by atoms with van der Waals surface area (Å²) in [7, 11) is 0. The number of urea groups is 1. The molecule has 0 aromatic rings. The Balaban J connectivity index is 1.91. The first-order chi connectivity index (χ1) is 11.2. The van der Waals surface area contributed by atoms with Gasteiger partial charge in [0.25, 0.3) is 0 Å². The summed E-state index contributed by atoms with van der Waals surface area (Å²) < 4.78 is 0. The van der Waals surface area contributed by atoms with Gasteiger partial charge in [0.1, 0.15) is 6.29 Å². The minimum Gasteiger partial charge on any atom is -0.311 e. The molecule has 1 saturated carbocycles. The minimum atomic E-state index is -0.296. The average Bonchev–Trinajstić information content (AvgIpc) is 2.79. The van der Waals surface area contributed by atoms with E-state index in [0.717, 1.165) is 19.1 Å². The monoisotopic (exact) mass is 320 g/mol. The molecule has 0 N–H and O–H groups in total. The lowest BCUT2D eigenvalue weighted by Gasteiger charge is -2.41. The molecule has 2 amide bonds. The van der Waals surface area contributed by atoms with Gasteiger partial charge in [0, 0.05) is 6.54 Å². The molecule has 2 heterocycles. The summed E-state index contributed by atoms with van der Waals surface area (Å²) in [5, 5.41) is 1.51. The van der Waals surface area contributed by atoms with Gasteiger partial charge in [0.05, 0.1) is 18.7 Å². The van der Waals surface area contributed by atoms with E-state index in [0.29, 0.717) is 30.9 Å². The van der Waals surface area contributed by atoms with Crippen LogP contribution in [0.15, 0.2) is 12.7 Å². The Hall–Kier alpha value is -1.36. The highest BCUT2D eigenvalue weighted by Gasteiger charge is 2.52. The second kappa shape index (κ2) is 7.04. The first-order valence-corrected chi connectivity index (χ1v) is 8.98. The molecule has 1 aliphatic carbocycles. The molecule has 0 spiro atoms. The number of hydroxylamine groups is 2. The van der Waals surface area contributed by atoms with Crippen LogP contribution in [0.2, 0.25) is 0 Å². The lowest BCUT2D eigenvalue weighted by Crippen LogP contribution is -2.50. The van der Waals surface area contributed by atoms with Crippen LogP contribution in [0.4, 0.5) is 4.79 Å². The number of carbonyl (C=O) groups is 2. The third kappa shape index (κ3) is 2.91. The molecule has 0 radical (unpaired) electrons. The van der Waals surface area contributed by atoms with Crippen LogP contribution in [-0.2, 0) is 9.63 Å². The van der Waals surface area contributed by atoms with Gasteiger partial charge < -0.3 is 9.69 Å². The lowest BCUT2D eigenvalue weighted by atomic mass is 9.71. The van der Waals surface area contributed by atoms with E-state index < -0.39 is 0 Å². The number of hydrogen-bond acceptors (Lipinski definition) is 3. The Kier molecular flexibility index (Phi) is 5.05. The predicted octanol–water partition coefficient (Wildman–Crippen LogP) is 3.01. The molecular weight excluding hydrogens is 292 g/mol. The number of carbonyl (C=O) groups excluding carboxylic acids is 2. The van der Waals surface area contributed by atoms with Gasteiger partial charge in [-0.2, -0.15) is 5.06 Å². The molecule has 23 heavy (non-hydrogen) atoms. The summed E-state index contributed by atoms with van der Waals surface area (Å²) in [5.74, 6) is 1.14. The van der Waals surface area contributed by atoms with Gasteiger partial charge in [-0.1, -0.05) is 38.7 Å². The first kappa shape index (κ1) is 16.5. The standard InChI is InChI=1S/C18H28N2O3/c1-3-10-23-20-16-11-19(18(20)22)17(12-21)15-9-7-5-4-6-8-14(15)13(16)2/h3,12-17H,1,4-11H2,2H3/t13-,14?,15?,16?,17?/m0/s1. The van der Waals surface area contributed by atoms with Gasteiger partial charge >= 0.3 is 6.03 Å². The molecule has 0 aromatic carbocycles. The van der Waals surface area contributed by atoms with E-state index in [9.17, 15) is 9.59 Å². The van der Waals surface area contributed by atoms with Crippen molar-refractivity contribution in [2.75, 3.05) is 13.2 Å². The molecule has 3 rings (SSSR count). The number of aldehydes is 1. The third-order valence-corrected chi connectivity index (χ3v) is 6.05. The van der Waals surface area contributed by atoms with Crippen LogP contribution in [0.5, 0.6) is 0 Å². The summed E-state index contributed by atoms with van der Waals surface area (Å²) >= 11 is 0. The van der Waals surface area contributed by atoms with Gasteiger partial charge in [0.15, 0.2) is 0 Å². The predicted molar refractivity (Wildman–Crippen MR) is 87.6 cm³/mol. The fourth-order valence-corrected chi connectivity index (χ4v) is 4.84. The van der Waals surface area contributed by atoms with Gasteiger partial charge in [-0.05, 0) is 30.6 Å². The van der Waals surface area contributed by atoms with E-state index in [1.807, 2.05) is 0 Å². The Morgan fingerprint density at radius 2 is 1.91 bits per heavy atom. The Morgan fingerprint density at radius 1 is 1.22 bits per heavy atom. The Labute approximate surface area is 138 Å². The highest BCUT2D eigenvalue weighted by atomic mass is 16.7. The molecule has 0 aromatic heterocycles. The van der Waals surface area contributed by atoms with Gasteiger partial charge in [-0.25, -0.2) is 4.79 Å². The largest absolute Gasteiger partial charge is 0.344 e. The first-order valence-electron chi connectivity index (χ1n) is 8.98. The van der Waals surface area contributed by atoms with Crippen molar-refractivity contribution in [1.29, 1.82) is 0 Å². The quantitative estimate of drug-likeness (QED) is 0.591. The van der Waals surface area contributed by atoms with Crippen molar-refractivity contribution in [2.45, 2.75) is 57.5 Å². The molecule has 2 aliphatic heterocycles. The number of rotatable bonds is 4. The smallest absolute Gasteiger partial charge is 0.311 e. The second-order valence-corrected chi connectivity index (χ2v) is 7.22. The van der Waals surface area contributed by atoms with E-state index in [1.54, 1.807) is 11.0 Å². The average molecular weight is 320 g/mol. The summed E-state index contributed by atoms with van der Waals surface area (Å²) in [4.78, 5) is 32.0. The zero-order chi connectivity index (χ0) is 16.4. The third-order valence-electron chi connectivity index (χ3n) is 6.05. The Morgan fingerprint density at radius 3 is 2.57 bits per heavy atom. The van der Waals surface area contributed by atoms with Crippen LogP contribution in [-0.4, -0.2) is 47.5 Å². The molecule has 4 unspecified atom stereocenters. The van der Waals surface area contributed by atoms with E-state index >= 15 is 0 Å². The summed E-state index contributed by atoms with van der Waals surface area (Å²) in [6.45, 7) is 6.82. The Bertz CT molecular complexity index is 467. The molecule has 2 bridgehead atoms. The molecule has 2 saturated heterocycles. The van der Waals surface area contributed by atoms with Crippen molar-refractivity contribution < 1.29 is 14.4 Å². The van der Waals surface area contributed by atoms with Crippen molar-refractivity contribution in [3.8, 4) is 0 Å². The summed E-state index contributed by atoms with van der Waals surface area (Å²) in [5.41, 5.74) is 0. The molecule has 3 fully saturated rings. The molecule has 5 heteroatoms. The molecular formula is C18H28N2O3. The van der Waals surface area contributed by atoms with Crippen LogP contribution in [0.3, 0.4) is 0 Å². The summed E-state index contributed by atoms with van der Waals surface area (Å²) in [6.07, 6.45) is 9.79. The fourth-order valence-electron chi connectivity index (χ4n) is 4.84. The lowest BCUT2D eigenvalue weighted by molar-refractivity contribution is -0.139. The number of fused-ring (bicyclic) bond motifs is 3. The van der Waals surface area contributed by atoms with Crippen LogP contribution < -0.4 is 0 Å². The molecule has 3 aliphatic rings. The SMILES string of the molecule is C=CCON1C(=O)N2CC1[C@@H](C)C1CCCCCCC1C2C=O. The minimum absolute atomic E-state index is 0.0410. The zero-order valence-electron chi connectivity index (χ0n) is 14.0. The zero-order valence-corrected chi connectivity index (χ0v) is 14.0. The van der Waals surface area contributed by atoms with E-state index in [1.165, 1.54) is 30.7 Å². The van der Waals surface area contributed by atoms with Crippen LogP contribution in [0, 0.1) is 17.8 Å². The highest BCUT2D eigenvalue weighted by molar-refractivity contribution is 5.80. The van der Waals surface area contributed by atoms with E-state index in [4.69, 9.17) is 4.84 Å². The van der Waals surface area contributed by atoms with Crippen molar-refractivity contribution >= 4 is 12.3 Å². The van der Waals surface area contributed by atoms with Crippen molar-refractivity contribution in [3.05, 3.63) is 12.7 Å². The molecule has 5 nitrogen and oxygen atoms in total. The maximum Gasteiger partial charge on any atom is 0.344 e. The maximum atomic E-state index is 12.7. The van der Waals surface area contributed by atoms with Crippen molar-refractivity contribution in [2.24, 2.45) is 17.8 Å². The van der Waals surface area contributed by atoms with Crippen LogP contribution >= 0.6 is 0 Å². The number of amides is 2. The maximum absolute atomic E-state index is 12.7. The summed E-state index contributed by atoms with van der Waals surface area (Å²) in [6, 6.07) is -0.406. The van der Waals surface area contributed by atoms with Gasteiger partial charge in [0.2, 0.25) is 0 Å². The van der Waals surface area contributed by atoms with Crippen LogP contribution in [0.1, 0.15) is 45.4 Å².